The number of hydrogen-bond donors (Lipinski definition) is 0. The molecule has 2 aliphatic rings. The van der Waals surface area contributed by atoms with Crippen molar-refractivity contribution >= 4 is 5.76 Å². The van der Waals surface area contributed by atoms with Crippen molar-refractivity contribution in [2.24, 2.45) is 0 Å². The molecule has 0 bridgehead atoms. The standard InChI is InChI=1S/C23H27NO2/c1-2-25-23-19-13-7-8-14-21(19)26-22(18-11-5-3-6-12-18)20(23)17-24-15-9-4-10-16-24/h3,5-8,11-14,22H,2,4,9-10,15-17H2,1H3/t22-/m0/s1. The van der Waals surface area contributed by atoms with Gasteiger partial charge in [0.1, 0.15) is 11.5 Å². The van der Waals surface area contributed by atoms with Gasteiger partial charge in [0.25, 0.3) is 0 Å². The Morgan fingerprint density at radius 3 is 2.46 bits per heavy atom. The monoisotopic (exact) mass is 349 g/mol. The molecule has 0 radical (unpaired) electrons. The van der Waals surface area contributed by atoms with Crippen LogP contribution in [0, 0.1) is 0 Å². The first-order valence-corrected chi connectivity index (χ1v) is 9.76. The van der Waals surface area contributed by atoms with Gasteiger partial charge in [-0.25, -0.2) is 0 Å². The number of piperidine rings is 1. The molecule has 0 saturated carbocycles. The lowest BCUT2D eigenvalue weighted by Crippen LogP contribution is -2.34. The van der Waals surface area contributed by atoms with Crippen LogP contribution < -0.4 is 4.74 Å². The second-order valence-electron chi connectivity index (χ2n) is 7.03. The zero-order chi connectivity index (χ0) is 17.8. The Morgan fingerprint density at radius 2 is 1.69 bits per heavy atom. The molecule has 26 heavy (non-hydrogen) atoms. The van der Waals surface area contributed by atoms with E-state index in [9.17, 15) is 0 Å². The molecule has 0 unspecified atom stereocenters. The molecule has 4 rings (SSSR count). The molecule has 3 nitrogen and oxygen atoms in total. The van der Waals surface area contributed by atoms with Crippen LogP contribution in [0.1, 0.15) is 43.4 Å². The van der Waals surface area contributed by atoms with E-state index in [1.807, 2.05) is 12.1 Å². The topological polar surface area (TPSA) is 21.7 Å². The summed E-state index contributed by atoms with van der Waals surface area (Å²) in [6, 6.07) is 18.8. The SMILES string of the molecule is CCOC1=C(CN2CCCCC2)[C@H](c2ccccc2)Oc2ccccc21. The van der Waals surface area contributed by atoms with Crippen molar-refractivity contribution in [1.29, 1.82) is 0 Å². The Hall–Kier alpha value is -2.26. The van der Waals surface area contributed by atoms with Crippen LogP contribution in [-0.2, 0) is 4.74 Å². The number of nitrogens with zero attached hydrogens (tertiary/aromatic N) is 1. The molecular weight excluding hydrogens is 322 g/mol. The fourth-order valence-corrected chi connectivity index (χ4v) is 3.97. The first-order chi connectivity index (χ1) is 12.9. The number of para-hydroxylation sites is 1. The quantitative estimate of drug-likeness (QED) is 0.753. The molecule has 0 N–H and O–H groups in total. The first kappa shape index (κ1) is 17.2. The highest BCUT2D eigenvalue weighted by Crippen LogP contribution is 2.43. The van der Waals surface area contributed by atoms with E-state index >= 15 is 0 Å². The fraction of sp³-hybridized carbons (Fsp3) is 0.391. The lowest BCUT2D eigenvalue weighted by Gasteiger charge is -2.35. The Morgan fingerprint density at radius 1 is 0.962 bits per heavy atom. The van der Waals surface area contributed by atoms with Crippen LogP contribution in [0.5, 0.6) is 5.75 Å². The van der Waals surface area contributed by atoms with Crippen molar-refractivity contribution < 1.29 is 9.47 Å². The molecule has 2 heterocycles. The van der Waals surface area contributed by atoms with Gasteiger partial charge < -0.3 is 9.47 Å². The van der Waals surface area contributed by atoms with Gasteiger partial charge >= 0.3 is 0 Å². The Labute approximate surface area is 156 Å². The Balaban J connectivity index is 1.78. The highest BCUT2D eigenvalue weighted by molar-refractivity contribution is 5.72. The molecule has 2 aliphatic heterocycles. The van der Waals surface area contributed by atoms with Gasteiger partial charge in [-0.2, -0.15) is 0 Å². The smallest absolute Gasteiger partial charge is 0.150 e. The van der Waals surface area contributed by atoms with E-state index < -0.39 is 0 Å². The van der Waals surface area contributed by atoms with Gasteiger partial charge in [-0.05, 0) is 50.6 Å². The zero-order valence-electron chi connectivity index (χ0n) is 15.5. The molecule has 136 valence electrons. The van der Waals surface area contributed by atoms with Gasteiger partial charge in [0, 0.05) is 12.1 Å². The summed E-state index contributed by atoms with van der Waals surface area (Å²) in [5.74, 6) is 1.92. The predicted octanol–water partition coefficient (Wildman–Crippen LogP) is 5.05. The van der Waals surface area contributed by atoms with E-state index in [4.69, 9.17) is 9.47 Å². The van der Waals surface area contributed by atoms with Crippen LogP contribution >= 0.6 is 0 Å². The first-order valence-electron chi connectivity index (χ1n) is 9.76. The van der Waals surface area contributed by atoms with Crippen LogP contribution in [0.3, 0.4) is 0 Å². The fourth-order valence-electron chi connectivity index (χ4n) is 3.97. The lowest BCUT2D eigenvalue weighted by atomic mass is 9.93. The summed E-state index contributed by atoms with van der Waals surface area (Å²) in [7, 11) is 0. The van der Waals surface area contributed by atoms with Crippen molar-refractivity contribution in [2.75, 3.05) is 26.2 Å². The molecule has 1 saturated heterocycles. The van der Waals surface area contributed by atoms with Crippen LogP contribution in [0.2, 0.25) is 0 Å². The minimum absolute atomic E-state index is 0.0884. The molecule has 0 aliphatic carbocycles. The lowest BCUT2D eigenvalue weighted by molar-refractivity contribution is 0.183. The van der Waals surface area contributed by atoms with Gasteiger partial charge in [0.15, 0.2) is 6.10 Å². The van der Waals surface area contributed by atoms with Crippen LogP contribution in [0.4, 0.5) is 0 Å². The maximum atomic E-state index is 6.48. The summed E-state index contributed by atoms with van der Waals surface area (Å²) in [6.07, 6.45) is 3.82. The van der Waals surface area contributed by atoms with Crippen LogP contribution in [0.25, 0.3) is 5.76 Å². The van der Waals surface area contributed by atoms with E-state index in [2.05, 4.69) is 54.3 Å². The van der Waals surface area contributed by atoms with E-state index in [1.165, 1.54) is 30.4 Å². The summed E-state index contributed by atoms with van der Waals surface area (Å²) in [5, 5.41) is 0. The molecule has 1 fully saturated rings. The predicted molar refractivity (Wildman–Crippen MR) is 105 cm³/mol. The third-order valence-electron chi connectivity index (χ3n) is 5.22. The van der Waals surface area contributed by atoms with Crippen molar-refractivity contribution in [3.63, 3.8) is 0 Å². The highest BCUT2D eigenvalue weighted by atomic mass is 16.5. The molecule has 2 aromatic carbocycles. The van der Waals surface area contributed by atoms with Crippen molar-refractivity contribution in [1.82, 2.24) is 4.90 Å². The van der Waals surface area contributed by atoms with Gasteiger partial charge in [-0.15, -0.1) is 0 Å². The molecule has 0 amide bonds. The van der Waals surface area contributed by atoms with E-state index in [-0.39, 0.29) is 6.10 Å². The third-order valence-corrected chi connectivity index (χ3v) is 5.22. The summed E-state index contributed by atoms with van der Waals surface area (Å²) in [6.45, 7) is 5.94. The largest absolute Gasteiger partial charge is 0.493 e. The number of ether oxygens (including phenoxy) is 2. The molecule has 0 aromatic heterocycles. The number of rotatable bonds is 5. The third kappa shape index (κ3) is 3.49. The minimum Gasteiger partial charge on any atom is -0.493 e. The molecule has 2 aromatic rings. The Kier molecular flexibility index (Phi) is 5.26. The van der Waals surface area contributed by atoms with Gasteiger partial charge in [0.05, 0.1) is 12.2 Å². The van der Waals surface area contributed by atoms with Gasteiger partial charge in [-0.3, -0.25) is 4.90 Å². The molecule has 1 atom stereocenters. The summed E-state index contributed by atoms with van der Waals surface area (Å²) >= 11 is 0. The number of hydrogen-bond acceptors (Lipinski definition) is 3. The van der Waals surface area contributed by atoms with Crippen molar-refractivity contribution in [3.05, 3.63) is 71.3 Å². The maximum absolute atomic E-state index is 6.48. The second kappa shape index (κ2) is 7.96. The molecule has 3 heteroatoms. The van der Waals surface area contributed by atoms with E-state index in [1.54, 1.807) is 0 Å². The second-order valence-corrected chi connectivity index (χ2v) is 7.03. The van der Waals surface area contributed by atoms with Gasteiger partial charge in [-0.1, -0.05) is 48.9 Å². The number of benzene rings is 2. The summed E-state index contributed by atoms with van der Waals surface area (Å²) < 4.78 is 12.7. The number of likely N-dealkylation sites (tertiary alicyclic amines) is 1. The highest BCUT2D eigenvalue weighted by Gasteiger charge is 2.32. The van der Waals surface area contributed by atoms with Crippen LogP contribution in [0.15, 0.2) is 60.2 Å². The maximum Gasteiger partial charge on any atom is 0.150 e. The normalized spacial score (nSPS) is 20.4. The Bertz CT molecular complexity index is 763. The average molecular weight is 349 g/mol. The molecular formula is C23H27NO2. The van der Waals surface area contributed by atoms with Crippen LogP contribution in [-0.4, -0.2) is 31.1 Å². The minimum atomic E-state index is -0.0884. The summed E-state index contributed by atoms with van der Waals surface area (Å²) in [4.78, 5) is 2.55. The van der Waals surface area contributed by atoms with Gasteiger partial charge in [0.2, 0.25) is 0 Å². The average Bonchev–Trinajstić information content (AvgIpc) is 2.71. The zero-order valence-corrected chi connectivity index (χ0v) is 15.5. The molecule has 0 spiro atoms. The van der Waals surface area contributed by atoms with Crippen molar-refractivity contribution in [2.45, 2.75) is 32.3 Å². The number of fused-ring (bicyclic) bond motifs is 1. The van der Waals surface area contributed by atoms with E-state index in [0.717, 1.165) is 36.7 Å². The van der Waals surface area contributed by atoms with Crippen molar-refractivity contribution in [3.8, 4) is 5.75 Å². The summed E-state index contributed by atoms with van der Waals surface area (Å²) in [5.41, 5.74) is 3.51. The van der Waals surface area contributed by atoms with E-state index in [0.29, 0.717) is 6.61 Å².